The van der Waals surface area contributed by atoms with Gasteiger partial charge in [0.2, 0.25) is 0 Å². The highest BCUT2D eigenvalue weighted by Gasteiger charge is 2.14. The molecule has 118 valence electrons. The molecule has 2 rings (SSSR count). The van der Waals surface area contributed by atoms with Crippen LogP contribution in [0.5, 0.6) is 5.75 Å². The molecule has 0 aliphatic carbocycles. The summed E-state index contributed by atoms with van der Waals surface area (Å²) in [4.78, 5) is 4.96. The Kier molecular flexibility index (Phi) is 6.49. The van der Waals surface area contributed by atoms with E-state index in [4.69, 9.17) is 4.74 Å². The van der Waals surface area contributed by atoms with Crippen molar-refractivity contribution >= 4 is 0 Å². The zero-order valence-corrected chi connectivity index (χ0v) is 13.7. The summed E-state index contributed by atoms with van der Waals surface area (Å²) in [5, 5.41) is 3.39. The van der Waals surface area contributed by atoms with Gasteiger partial charge in [-0.1, -0.05) is 13.0 Å². The van der Waals surface area contributed by atoms with Gasteiger partial charge in [0, 0.05) is 31.7 Å². The van der Waals surface area contributed by atoms with Gasteiger partial charge >= 0.3 is 0 Å². The van der Waals surface area contributed by atoms with Crippen LogP contribution in [0.15, 0.2) is 18.2 Å². The summed E-state index contributed by atoms with van der Waals surface area (Å²) >= 11 is 0. The van der Waals surface area contributed by atoms with E-state index in [2.05, 4.69) is 47.3 Å². The molecule has 1 aromatic carbocycles. The molecular weight excluding hydrogens is 262 g/mol. The van der Waals surface area contributed by atoms with Gasteiger partial charge in [0.1, 0.15) is 5.75 Å². The van der Waals surface area contributed by atoms with E-state index >= 15 is 0 Å². The van der Waals surface area contributed by atoms with E-state index in [-0.39, 0.29) is 0 Å². The predicted octanol–water partition coefficient (Wildman–Crippen LogP) is 1.94. The van der Waals surface area contributed by atoms with Crippen molar-refractivity contribution < 1.29 is 4.74 Å². The third kappa shape index (κ3) is 4.99. The Balaban J connectivity index is 2.05. The van der Waals surface area contributed by atoms with Gasteiger partial charge < -0.3 is 15.0 Å². The van der Waals surface area contributed by atoms with Crippen LogP contribution in [0.25, 0.3) is 0 Å². The van der Waals surface area contributed by atoms with Crippen LogP contribution in [0, 0.1) is 0 Å². The van der Waals surface area contributed by atoms with E-state index in [0.29, 0.717) is 0 Å². The summed E-state index contributed by atoms with van der Waals surface area (Å²) in [5.74, 6) is 1.01. The minimum Gasteiger partial charge on any atom is -0.496 e. The molecular formula is C17H29N3O. The highest BCUT2D eigenvalue weighted by atomic mass is 16.5. The van der Waals surface area contributed by atoms with Gasteiger partial charge in [-0.3, -0.25) is 4.90 Å². The maximum atomic E-state index is 5.54. The Morgan fingerprint density at radius 1 is 1.19 bits per heavy atom. The molecule has 1 aromatic rings. The Morgan fingerprint density at radius 3 is 2.81 bits per heavy atom. The number of methoxy groups -OCH3 is 1. The van der Waals surface area contributed by atoms with Crippen molar-refractivity contribution in [3.63, 3.8) is 0 Å². The van der Waals surface area contributed by atoms with Gasteiger partial charge in [-0.15, -0.1) is 0 Å². The smallest absolute Gasteiger partial charge is 0.123 e. The monoisotopic (exact) mass is 291 g/mol. The summed E-state index contributed by atoms with van der Waals surface area (Å²) in [7, 11) is 3.97. The second-order valence-electron chi connectivity index (χ2n) is 5.86. The van der Waals surface area contributed by atoms with Crippen molar-refractivity contribution in [3.8, 4) is 5.75 Å². The number of hydrogen-bond donors (Lipinski definition) is 1. The highest BCUT2D eigenvalue weighted by molar-refractivity contribution is 5.37. The number of nitrogens with zero attached hydrogens (tertiary/aromatic N) is 2. The van der Waals surface area contributed by atoms with Crippen LogP contribution in [0.2, 0.25) is 0 Å². The SMILES string of the molecule is CCNCc1ccc(OC)c(CN2CCCN(C)CC2)c1. The Bertz CT molecular complexity index is 436. The summed E-state index contributed by atoms with van der Waals surface area (Å²) in [5.41, 5.74) is 2.64. The lowest BCUT2D eigenvalue weighted by molar-refractivity contribution is 0.265. The first-order valence-corrected chi connectivity index (χ1v) is 8.00. The van der Waals surface area contributed by atoms with E-state index < -0.39 is 0 Å². The fourth-order valence-electron chi connectivity index (χ4n) is 2.83. The van der Waals surface area contributed by atoms with Crippen LogP contribution < -0.4 is 10.1 Å². The van der Waals surface area contributed by atoms with Gasteiger partial charge in [-0.2, -0.15) is 0 Å². The van der Waals surface area contributed by atoms with Gasteiger partial charge in [-0.05, 0) is 50.8 Å². The predicted molar refractivity (Wildman–Crippen MR) is 87.8 cm³/mol. The summed E-state index contributed by atoms with van der Waals surface area (Å²) in [6.07, 6.45) is 1.25. The van der Waals surface area contributed by atoms with Crippen LogP contribution in [0.4, 0.5) is 0 Å². The maximum Gasteiger partial charge on any atom is 0.123 e. The lowest BCUT2D eigenvalue weighted by Gasteiger charge is -2.22. The zero-order valence-electron chi connectivity index (χ0n) is 13.7. The van der Waals surface area contributed by atoms with Gasteiger partial charge in [-0.25, -0.2) is 0 Å². The molecule has 1 fully saturated rings. The van der Waals surface area contributed by atoms with E-state index in [0.717, 1.165) is 38.5 Å². The molecule has 4 heteroatoms. The number of rotatable bonds is 6. The molecule has 0 amide bonds. The fraction of sp³-hybridized carbons (Fsp3) is 0.647. The number of likely N-dealkylation sites (N-methyl/N-ethyl adjacent to an activating group) is 1. The Labute approximate surface area is 129 Å². The molecule has 0 unspecified atom stereocenters. The molecule has 0 aromatic heterocycles. The second kappa shape index (κ2) is 8.37. The summed E-state index contributed by atoms with van der Waals surface area (Å²) in [6.45, 7) is 9.71. The van der Waals surface area contributed by atoms with Gasteiger partial charge in [0.15, 0.2) is 0 Å². The summed E-state index contributed by atoms with van der Waals surface area (Å²) in [6, 6.07) is 6.54. The molecule has 0 saturated carbocycles. The van der Waals surface area contributed by atoms with Crippen molar-refractivity contribution in [2.45, 2.75) is 26.4 Å². The van der Waals surface area contributed by atoms with Crippen LogP contribution in [0.1, 0.15) is 24.5 Å². The maximum absolute atomic E-state index is 5.54. The quantitative estimate of drug-likeness (QED) is 0.867. The molecule has 4 nitrogen and oxygen atoms in total. The van der Waals surface area contributed by atoms with Gasteiger partial charge in [0.05, 0.1) is 7.11 Å². The first-order valence-electron chi connectivity index (χ1n) is 8.00. The molecule has 0 bridgehead atoms. The standard InChI is InChI=1S/C17H29N3O/c1-4-18-13-15-6-7-17(21-3)16(12-15)14-20-9-5-8-19(2)10-11-20/h6-7,12,18H,4-5,8-11,13-14H2,1-3H3. The Hall–Kier alpha value is -1.10. The molecule has 1 N–H and O–H groups in total. The molecule has 0 spiro atoms. The van der Waals surface area contributed by atoms with Crippen LogP contribution in [-0.4, -0.2) is 56.7 Å². The van der Waals surface area contributed by atoms with E-state index in [9.17, 15) is 0 Å². The Morgan fingerprint density at radius 2 is 2.05 bits per heavy atom. The second-order valence-corrected chi connectivity index (χ2v) is 5.86. The molecule has 0 atom stereocenters. The van der Waals surface area contributed by atoms with Crippen LogP contribution >= 0.6 is 0 Å². The topological polar surface area (TPSA) is 27.7 Å². The molecule has 1 saturated heterocycles. The lowest BCUT2D eigenvalue weighted by atomic mass is 10.1. The first kappa shape index (κ1) is 16.3. The molecule has 1 heterocycles. The minimum absolute atomic E-state index is 0.927. The third-order valence-corrected chi connectivity index (χ3v) is 4.13. The third-order valence-electron chi connectivity index (χ3n) is 4.13. The number of benzene rings is 1. The van der Waals surface area contributed by atoms with Crippen molar-refractivity contribution in [1.82, 2.24) is 15.1 Å². The van der Waals surface area contributed by atoms with Gasteiger partial charge in [0.25, 0.3) is 0 Å². The van der Waals surface area contributed by atoms with Crippen molar-refractivity contribution in [2.75, 3.05) is 46.9 Å². The average Bonchev–Trinajstić information content (AvgIpc) is 2.70. The molecule has 21 heavy (non-hydrogen) atoms. The zero-order chi connectivity index (χ0) is 15.1. The van der Waals surface area contributed by atoms with Crippen LogP contribution in [0.3, 0.4) is 0 Å². The minimum atomic E-state index is 0.927. The molecule has 1 aliphatic rings. The number of nitrogens with one attached hydrogen (secondary N) is 1. The first-order chi connectivity index (χ1) is 10.2. The van der Waals surface area contributed by atoms with E-state index in [1.54, 1.807) is 7.11 Å². The molecule has 1 aliphatic heterocycles. The van der Waals surface area contributed by atoms with Crippen molar-refractivity contribution in [3.05, 3.63) is 29.3 Å². The fourth-order valence-corrected chi connectivity index (χ4v) is 2.83. The van der Waals surface area contributed by atoms with E-state index in [1.807, 2.05) is 0 Å². The normalized spacial score (nSPS) is 17.7. The lowest BCUT2D eigenvalue weighted by Crippen LogP contribution is -2.28. The number of hydrogen-bond acceptors (Lipinski definition) is 4. The number of ether oxygens (including phenoxy) is 1. The average molecular weight is 291 g/mol. The van der Waals surface area contributed by atoms with E-state index in [1.165, 1.54) is 30.6 Å². The molecule has 0 radical (unpaired) electrons. The van der Waals surface area contributed by atoms with Crippen molar-refractivity contribution in [1.29, 1.82) is 0 Å². The summed E-state index contributed by atoms with van der Waals surface area (Å²) < 4.78 is 5.54. The van der Waals surface area contributed by atoms with Crippen molar-refractivity contribution in [2.24, 2.45) is 0 Å². The highest BCUT2D eigenvalue weighted by Crippen LogP contribution is 2.22. The largest absolute Gasteiger partial charge is 0.496 e. The van der Waals surface area contributed by atoms with Crippen LogP contribution in [-0.2, 0) is 13.1 Å².